The van der Waals surface area contributed by atoms with Crippen LogP contribution in [0.4, 0.5) is 0 Å². The van der Waals surface area contributed by atoms with Crippen molar-refractivity contribution in [3.05, 3.63) is 29.6 Å². The average Bonchev–Trinajstić information content (AvgIpc) is 3.15. The van der Waals surface area contributed by atoms with Crippen LogP contribution in [0.1, 0.15) is 24.0 Å². The molecule has 104 valence electrons. The fraction of sp³-hybridized carbons (Fsp3) is 0.643. The van der Waals surface area contributed by atoms with Crippen LogP contribution in [0.3, 0.4) is 0 Å². The van der Waals surface area contributed by atoms with Gasteiger partial charge in [-0.15, -0.1) is 0 Å². The molecule has 2 heterocycles. The van der Waals surface area contributed by atoms with Crippen LogP contribution in [-0.4, -0.2) is 42.4 Å². The normalized spacial score (nSPS) is 27.3. The van der Waals surface area contributed by atoms with E-state index in [1.165, 1.54) is 18.4 Å². The van der Waals surface area contributed by atoms with Gasteiger partial charge in [0.25, 0.3) is 0 Å². The first-order valence-electron chi connectivity index (χ1n) is 6.88. The minimum atomic E-state index is -2.83. The van der Waals surface area contributed by atoms with Crippen molar-refractivity contribution in [2.75, 3.05) is 18.1 Å². The van der Waals surface area contributed by atoms with Crippen molar-refractivity contribution in [3.63, 3.8) is 0 Å². The summed E-state index contributed by atoms with van der Waals surface area (Å²) in [6, 6.07) is 2.36. The first-order chi connectivity index (χ1) is 9.03. The first-order valence-corrected chi connectivity index (χ1v) is 8.71. The molecule has 5 heteroatoms. The lowest BCUT2D eigenvalue weighted by atomic mass is 10.1. The van der Waals surface area contributed by atoms with E-state index >= 15 is 0 Å². The molecule has 0 aromatic carbocycles. The minimum Gasteiger partial charge on any atom is -0.294 e. The zero-order valence-corrected chi connectivity index (χ0v) is 12.1. The second-order valence-electron chi connectivity index (χ2n) is 5.86. The first kappa shape index (κ1) is 13.1. The van der Waals surface area contributed by atoms with E-state index in [1.807, 2.05) is 19.3 Å². The lowest BCUT2D eigenvalue weighted by Gasteiger charge is -2.35. The summed E-state index contributed by atoms with van der Waals surface area (Å²) in [5.41, 5.74) is 2.34. The molecular formula is C14H20N2O2S. The molecule has 1 atom stereocenters. The summed E-state index contributed by atoms with van der Waals surface area (Å²) in [4.78, 5) is 6.56. The summed E-state index contributed by atoms with van der Waals surface area (Å²) in [5, 5.41) is 0. The van der Waals surface area contributed by atoms with Gasteiger partial charge in [-0.05, 0) is 36.8 Å². The number of sulfone groups is 1. The van der Waals surface area contributed by atoms with Crippen LogP contribution < -0.4 is 0 Å². The fourth-order valence-corrected chi connectivity index (χ4v) is 4.60. The van der Waals surface area contributed by atoms with Gasteiger partial charge in [0, 0.05) is 31.5 Å². The summed E-state index contributed by atoms with van der Waals surface area (Å²) < 4.78 is 23.6. The maximum Gasteiger partial charge on any atom is 0.153 e. The zero-order chi connectivity index (χ0) is 13.5. The molecule has 1 unspecified atom stereocenters. The summed E-state index contributed by atoms with van der Waals surface area (Å²) in [5.74, 6) is 1.24. The molecule has 0 bridgehead atoms. The van der Waals surface area contributed by atoms with Crippen molar-refractivity contribution in [1.82, 2.24) is 9.88 Å². The van der Waals surface area contributed by atoms with E-state index in [1.54, 1.807) is 0 Å². The molecule has 3 rings (SSSR count). The molecule has 1 aliphatic carbocycles. The number of aryl methyl sites for hydroxylation is 1. The van der Waals surface area contributed by atoms with E-state index in [0.29, 0.717) is 24.0 Å². The van der Waals surface area contributed by atoms with Gasteiger partial charge in [-0.2, -0.15) is 0 Å². The lowest BCUT2D eigenvalue weighted by Crippen LogP contribution is -2.49. The Labute approximate surface area is 114 Å². The topological polar surface area (TPSA) is 50.3 Å². The number of aromatic nitrogens is 1. The maximum atomic E-state index is 11.8. The second-order valence-corrected chi connectivity index (χ2v) is 8.09. The van der Waals surface area contributed by atoms with E-state index in [4.69, 9.17) is 0 Å². The molecule has 0 N–H and O–H groups in total. The van der Waals surface area contributed by atoms with Crippen molar-refractivity contribution < 1.29 is 8.42 Å². The average molecular weight is 280 g/mol. The van der Waals surface area contributed by atoms with Crippen LogP contribution in [0.25, 0.3) is 0 Å². The van der Waals surface area contributed by atoms with Gasteiger partial charge in [0.05, 0.1) is 11.5 Å². The molecule has 19 heavy (non-hydrogen) atoms. The molecule has 1 aromatic rings. The Hall–Kier alpha value is -0.940. The molecular weight excluding hydrogens is 260 g/mol. The number of hydrogen-bond acceptors (Lipinski definition) is 4. The molecule has 1 saturated heterocycles. The van der Waals surface area contributed by atoms with Gasteiger partial charge in [-0.3, -0.25) is 9.88 Å². The van der Waals surface area contributed by atoms with Gasteiger partial charge < -0.3 is 0 Å². The van der Waals surface area contributed by atoms with E-state index in [0.717, 1.165) is 12.1 Å². The zero-order valence-electron chi connectivity index (χ0n) is 11.2. The summed E-state index contributed by atoms with van der Waals surface area (Å²) in [6.07, 6.45) is 6.11. The van der Waals surface area contributed by atoms with Gasteiger partial charge in [0.15, 0.2) is 9.84 Å². The monoisotopic (exact) mass is 280 g/mol. The number of hydrogen-bond donors (Lipinski definition) is 0. The van der Waals surface area contributed by atoms with Gasteiger partial charge in [-0.25, -0.2) is 8.42 Å². The molecule has 2 aliphatic rings. The van der Waals surface area contributed by atoms with E-state index in [-0.39, 0.29) is 6.04 Å². The highest BCUT2D eigenvalue weighted by molar-refractivity contribution is 7.91. The quantitative estimate of drug-likeness (QED) is 0.840. The van der Waals surface area contributed by atoms with E-state index < -0.39 is 9.84 Å². The highest BCUT2D eigenvalue weighted by Crippen LogP contribution is 2.37. The predicted molar refractivity (Wildman–Crippen MR) is 74.5 cm³/mol. The van der Waals surface area contributed by atoms with Crippen LogP contribution in [0.5, 0.6) is 0 Å². The Balaban J connectivity index is 1.75. The van der Waals surface area contributed by atoms with Gasteiger partial charge in [-0.1, -0.05) is 6.07 Å². The summed E-state index contributed by atoms with van der Waals surface area (Å²) in [6.45, 7) is 3.53. The van der Waals surface area contributed by atoms with Gasteiger partial charge in [0.1, 0.15) is 0 Å². The highest BCUT2D eigenvalue weighted by Gasteiger charge is 2.40. The minimum absolute atomic E-state index is 0.222. The van der Waals surface area contributed by atoms with Crippen LogP contribution in [0, 0.1) is 12.8 Å². The molecule has 0 amide bonds. The van der Waals surface area contributed by atoms with Crippen LogP contribution in [0.15, 0.2) is 18.5 Å². The van der Waals surface area contributed by atoms with Crippen molar-refractivity contribution in [2.24, 2.45) is 5.92 Å². The Morgan fingerprint density at radius 1 is 1.37 bits per heavy atom. The van der Waals surface area contributed by atoms with Crippen molar-refractivity contribution >= 4 is 9.84 Å². The third kappa shape index (κ3) is 3.15. The Morgan fingerprint density at radius 2 is 2.16 bits per heavy atom. The Kier molecular flexibility index (Phi) is 3.35. The molecule has 1 saturated carbocycles. The molecule has 0 spiro atoms. The largest absolute Gasteiger partial charge is 0.294 e. The molecule has 1 aliphatic heterocycles. The molecule has 4 nitrogen and oxygen atoms in total. The third-order valence-electron chi connectivity index (χ3n) is 4.07. The van der Waals surface area contributed by atoms with Gasteiger partial charge >= 0.3 is 0 Å². The highest BCUT2D eigenvalue weighted by atomic mass is 32.2. The molecule has 2 fully saturated rings. The number of nitrogens with zero attached hydrogens (tertiary/aromatic N) is 2. The number of pyridine rings is 1. The molecule has 0 radical (unpaired) electrons. The molecule has 1 aromatic heterocycles. The summed E-state index contributed by atoms with van der Waals surface area (Å²) >= 11 is 0. The standard InChI is InChI=1S/C14H20N2O2S/c1-11-6-12(8-15-7-11)9-16-4-5-19(17,18)10-14(16)13-2-3-13/h6-8,13-14H,2-5,9-10H2,1H3. The van der Waals surface area contributed by atoms with E-state index in [9.17, 15) is 8.42 Å². The third-order valence-corrected chi connectivity index (χ3v) is 5.72. The fourth-order valence-electron chi connectivity index (χ4n) is 2.92. The van der Waals surface area contributed by atoms with Crippen LogP contribution >= 0.6 is 0 Å². The lowest BCUT2D eigenvalue weighted by molar-refractivity contribution is 0.185. The Bertz CT molecular complexity index is 567. The number of rotatable bonds is 3. The van der Waals surface area contributed by atoms with Crippen LogP contribution in [-0.2, 0) is 16.4 Å². The van der Waals surface area contributed by atoms with Crippen molar-refractivity contribution in [2.45, 2.75) is 32.4 Å². The van der Waals surface area contributed by atoms with Crippen molar-refractivity contribution in [1.29, 1.82) is 0 Å². The second kappa shape index (κ2) is 4.87. The predicted octanol–water partition coefficient (Wildman–Crippen LogP) is 1.40. The van der Waals surface area contributed by atoms with Gasteiger partial charge in [0.2, 0.25) is 0 Å². The van der Waals surface area contributed by atoms with E-state index in [2.05, 4.69) is 16.0 Å². The summed E-state index contributed by atoms with van der Waals surface area (Å²) in [7, 11) is -2.83. The SMILES string of the molecule is Cc1cncc(CN2CCS(=O)(=O)CC2C2CC2)c1. The maximum absolute atomic E-state index is 11.8. The Morgan fingerprint density at radius 3 is 2.84 bits per heavy atom. The smallest absolute Gasteiger partial charge is 0.153 e. The van der Waals surface area contributed by atoms with Crippen molar-refractivity contribution in [3.8, 4) is 0 Å². The van der Waals surface area contributed by atoms with Crippen LogP contribution in [0.2, 0.25) is 0 Å².